The van der Waals surface area contributed by atoms with Crippen molar-refractivity contribution >= 4 is 17.7 Å². The predicted octanol–water partition coefficient (Wildman–Crippen LogP) is 3.05. The van der Waals surface area contributed by atoms with E-state index in [4.69, 9.17) is 9.47 Å². The molecule has 0 saturated carbocycles. The van der Waals surface area contributed by atoms with E-state index in [1.54, 1.807) is 34.6 Å². The van der Waals surface area contributed by atoms with Gasteiger partial charge in [0.15, 0.2) is 0 Å². The highest BCUT2D eigenvalue weighted by atomic mass is 16.6. The van der Waals surface area contributed by atoms with Gasteiger partial charge in [0.25, 0.3) is 0 Å². The van der Waals surface area contributed by atoms with Crippen LogP contribution in [0, 0.1) is 16.0 Å². The molecular weight excluding hydrogens is 316 g/mol. The number of nitro groups is 1. The van der Waals surface area contributed by atoms with Crippen LogP contribution in [0.3, 0.4) is 0 Å². The van der Waals surface area contributed by atoms with Crippen LogP contribution in [0.2, 0.25) is 0 Å². The molecule has 0 fully saturated rings. The lowest BCUT2D eigenvalue weighted by Crippen LogP contribution is -2.48. The summed E-state index contributed by atoms with van der Waals surface area (Å²) in [7, 11) is 0. The molecule has 1 atom stereocenters. The normalized spacial score (nSPS) is 12.4. The molecule has 0 aliphatic heterocycles. The number of rotatable bonds is 5. The van der Waals surface area contributed by atoms with E-state index in [0.29, 0.717) is 0 Å². The number of hydrogen-bond donors (Lipinski definition) is 1. The molecule has 132 valence electrons. The van der Waals surface area contributed by atoms with Crippen molar-refractivity contribution in [2.24, 2.45) is 5.92 Å². The molecule has 0 aliphatic rings. The maximum Gasteiger partial charge on any atom is 0.408 e. The average Bonchev–Trinajstić information content (AvgIpc) is 2.42. The van der Waals surface area contributed by atoms with Crippen LogP contribution in [0.5, 0.6) is 5.75 Å². The van der Waals surface area contributed by atoms with Crippen molar-refractivity contribution in [1.82, 2.24) is 5.32 Å². The van der Waals surface area contributed by atoms with Crippen LogP contribution < -0.4 is 10.1 Å². The predicted molar refractivity (Wildman–Crippen MR) is 86.7 cm³/mol. The van der Waals surface area contributed by atoms with Gasteiger partial charge >= 0.3 is 17.7 Å². The quantitative estimate of drug-likeness (QED) is 0.382. The maximum absolute atomic E-state index is 12.3. The highest BCUT2D eigenvalue weighted by Crippen LogP contribution is 2.26. The number of esters is 1. The summed E-state index contributed by atoms with van der Waals surface area (Å²) in [4.78, 5) is 34.5. The highest BCUT2D eigenvalue weighted by molar-refractivity contribution is 5.83. The molecule has 1 unspecified atom stereocenters. The van der Waals surface area contributed by atoms with Gasteiger partial charge in [-0.3, -0.25) is 10.1 Å². The van der Waals surface area contributed by atoms with Gasteiger partial charge in [0.05, 0.1) is 4.92 Å². The minimum absolute atomic E-state index is 0.177. The number of nitro benzene ring substituents is 1. The molecule has 1 amide bonds. The molecule has 0 aliphatic carbocycles. The molecule has 1 aromatic carbocycles. The summed E-state index contributed by atoms with van der Waals surface area (Å²) in [6.45, 7) is 8.51. The van der Waals surface area contributed by atoms with Crippen molar-refractivity contribution < 1.29 is 24.0 Å². The van der Waals surface area contributed by atoms with E-state index >= 15 is 0 Å². The molecule has 0 aromatic heterocycles. The van der Waals surface area contributed by atoms with E-state index in [0.717, 1.165) is 0 Å². The lowest BCUT2D eigenvalue weighted by molar-refractivity contribution is -0.385. The number of nitrogens with one attached hydrogen (secondary N) is 1. The Balaban J connectivity index is 2.89. The smallest absolute Gasteiger partial charge is 0.408 e. The summed E-state index contributed by atoms with van der Waals surface area (Å²) >= 11 is 0. The summed E-state index contributed by atoms with van der Waals surface area (Å²) in [6, 6.07) is 4.53. The zero-order chi connectivity index (χ0) is 18.5. The third-order valence-electron chi connectivity index (χ3n) is 2.87. The molecule has 0 spiro atoms. The van der Waals surface area contributed by atoms with E-state index in [-0.39, 0.29) is 17.4 Å². The molecule has 0 bridgehead atoms. The zero-order valence-corrected chi connectivity index (χ0v) is 14.4. The average molecular weight is 338 g/mol. The van der Waals surface area contributed by atoms with Crippen LogP contribution in [0.25, 0.3) is 0 Å². The first-order valence-corrected chi connectivity index (χ1v) is 7.46. The minimum Gasteiger partial charge on any atom is -0.444 e. The third kappa shape index (κ3) is 5.86. The van der Waals surface area contributed by atoms with Crippen molar-refractivity contribution in [3.8, 4) is 5.75 Å². The number of benzene rings is 1. The van der Waals surface area contributed by atoms with Gasteiger partial charge < -0.3 is 14.8 Å². The van der Waals surface area contributed by atoms with Crippen LogP contribution in [0.15, 0.2) is 24.3 Å². The first-order chi connectivity index (χ1) is 11.0. The largest absolute Gasteiger partial charge is 0.444 e. The molecule has 1 N–H and O–H groups in total. The van der Waals surface area contributed by atoms with E-state index in [9.17, 15) is 19.7 Å². The first-order valence-electron chi connectivity index (χ1n) is 7.46. The van der Waals surface area contributed by atoms with Gasteiger partial charge in [-0.2, -0.15) is 0 Å². The fraction of sp³-hybridized carbons (Fsp3) is 0.500. The molecule has 8 nitrogen and oxygen atoms in total. The third-order valence-corrected chi connectivity index (χ3v) is 2.87. The fourth-order valence-corrected chi connectivity index (χ4v) is 1.80. The number of nitrogens with zero attached hydrogens (tertiary/aromatic N) is 1. The van der Waals surface area contributed by atoms with Gasteiger partial charge in [-0.15, -0.1) is 0 Å². The van der Waals surface area contributed by atoms with Crippen LogP contribution in [0.1, 0.15) is 34.6 Å². The Morgan fingerprint density at radius 2 is 1.79 bits per heavy atom. The Hall–Kier alpha value is -2.64. The van der Waals surface area contributed by atoms with Crippen LogP contribution >= 0.6 is 0 Å². The van der Waals surface area contributed by atoms with Crippen LogP contribution in [-0.2, 0) is 9.53 Å². The Labute approximate surface area is 140 Å². The van der Waals surface area contributed by atoms with Gasteiger partial charge in [-0.05, 0) is 32.8 Å². The van der Waals surface area contributed by atoms with Gasteiger partial charge in [0, 0.05) is 6.07 Å². The SMILES string of the molecule is CC(C)C(NC(=O)OC(C)(C)C)C(=O)Oc1ccccc1[N+](=O)[O-]. The Morgan fingerprint density at radius 3 is 2.29 bits per heavy atom. The van der Waals surface area contributed by atoms with E-state index in [1.807, 2.05) is 0 Å². The second kappa shape index (κ2) is 7.76. The Bertz CT molecular complexity index is 621. The summed E-state index contributed by atoms with van der Waals surface area (Å²) in [5, 5.41) is 13.4. The summed E-state index contributed by atoms with van der Waals surface area (Å²) < 4.78 is 10.2. The van der Waals surface area contributed by atoms with Crippen molar-refractivity contribution in [2.45, 2.75) is 46.3 Å². The monoisotopic (exact) mass is 338 g/mol. The van der Waals surface area contributed by atoms with Crippen LogP contribution in [0.4, 0.5) is 10.5 Å². The number of carbonyl (C=O) groups is 2. The molecule has 0 radical (unpaired) electrons. The topological polar surface area (TPSA) is 108 Å². The van der Waals surface area contributed by atoms with Gasteiger partial charge in [-0.1, -0.05) is 26.0 Å². The maximum atomic E-state index is 12.3. The Kier molecular flexibility index (Phi) is 6.27. The summed E-state index contributed by atoms with van der Waals surface area (Å²) in [6.07, 6.45) is -0.763. The van der Waals surface area contributed by atoms with Gasteiger partial charge in [-0.25, -0.2) is 9.59 Å². The van der Waals surface area contributed by atoms with Crippen LogP contribution in [-0.4, -0.2) is 28.6 Å². The standard InChI is InChI=1S/C16H22N2O6/c1-10(2)13(17-15(20)24-16(3,4)5)14(19)23-12-9-7-6-8-11(12)18(21)22/h6-10,13H,1-5H3,(H,17,20). The minimum atomic E-state index is -1.00. The van der Waals surface area contributed by atoms with Crippen molar-refractivity contribution in [3.63, 3.8) is 0 Å². The first kappa shape index (κ1) is 19.4. The number of hydrogen-bond acceptors (Lipinski definition) is 6. The highest BCUT2D eigenvalue weighted by Gasteiger charge is 2.30. The van der Waals surface area contributed by atoms with Crippen molar-refractivity contribution in [1.29, 1.82) is 0 Å². The fourth-order valence-electron chi connectivity index (χ4n) is 1.80. The van der Waals surface area contributed by atoms with Crippen molar-refractivity contribution in [3.05, 3.63) is 34.4 Å². The zero-order valence-electron chi connectivity index (χ0n) is 14.4. The number of para-hydroxylation sites is 2. The summed E-state index contributed by atoms with van der Waals surface area (Å²) in [5.74, 6) is -1.28. The molecule has 0 saturated heterocycles. The lowest BCUT2D eigenvalue weighted by atomic mass is 10.1. The molecule has 1 rings (SSSR count). The number of alkyl carbamates (subject to hydrolysis) is 1. The summed E-state index contributed by atoms with van der Waals surface area (Å²) in [5.41, 5.74) is -1.04. The molecule has 1 aromatic rings. The molecule has 24 heavy (non-hydrogen) atoms. The second-order valence-electron chi connectivity index (χ2n) is 6.51. The molecule has 8 heteroatoms. The van der Waals surface area contributed by atoms with E-state index in [1.165, 1.54) is 24.3 Å². The second-order valence-corrected chi connectivity index (χ2v) is 6.51. The molecule has 0 heterocycles. The Morgan fingerprint density at radius 1 is 1.21 bits per heavy atom. The number of carbonyl (C=O) groups excluding carboxylic acids is 2. The van der Waals surface area contributed by atoms with Gasteiger partial charge in [0.1, 0.15) is 11.6 Å². The lowest BCUT2D eigenvalue weighted by Gasteiger charge is -2.24. The number of ether oxygens (including phenoxy) is 2. The van der Waals surface area contributed by atoms with Gasteiger partial charge in [0.2, 0.25) is 5.75 Å². The molecular formula is C16H22N2O6. The van der Waals surface area contributed by atoms with E-state index < -0.39 is 28.6 Å². The van der Waals surface area contributed by atoms with Crippen molar-refractivity contribution in [2.75, 3.05) is 0 Å². The number of amides is 1. The van der Waals surface area contributed by atoms with E-state index in [2.05, 4.69) is 5.32 Å².